The Morgan fingerprint density at radius 1 is 1.14 bits per heavy atom. The molecule has 1 aliphatic rings. The fourth-order valence-electron chi connectivity index (χ4n) is 2.96. The molecule has 0 aliphatic heterocycles. The van der Waals surface area contributed by atoms with E-state index in [4.69, 9.17) is 0 Å². The van der Waals surface area contributed by atoms with Gasteiger partial charge >= 0.3 is 6.18 Å². The van der Waals surface area contributed by atoms with Crippen LogP contribution in [0.1, 0.15) is 36.9 Å². The third-order valence-corrected chi connectivity index (χ3v) is 4.05. The number of para-hydroxylation sites is 1. The maximum Gasteiger partial charge on any atom is 0.433 e. The second-order valence-corrected chi connectivity index (χ2v) is 5.63. The predicted molar refractivity (Wildman–Crippen MR) is 77.7 cm³/mol. The molecular formula is C16H18F3N3. The van der Waals surface area contributed by atoms with Crippen molar-refractivity contribution in [2.75, 3.05) is 0 Å². The summed E-state index contributed by atoms with van der Waals surface area (Å²) in [6, 6.07) is 8.73. The van der Waals surface area contributed by atoms with Gasteiger partial charge < -0.3 is 5.32 Å². The van der Waals surface area contributed by atoms with Crippen molar-refractivity contribution in [3.63, 3.8) is 0 Å². The summed E-state index contributed by atoms with van der Waals surface area (Å²) in [4.78, 5) is 0. The maximum atomic E-state index is 13.4. The first-order valence-corrected chi connectivity index (χ1v) is 7.48. The molecule has 0 bridgehead atoms. The van der Waals surface area contributed by atoms with Crippen molar-refractivity contribution in [3.05, 3.63) is 47.8 Å². The van der Waals surface area contributed by atoms with E-state index in [2.05, 4.69) is 10.4 Å². The van der Waals surface area contributed by atoms with E-state index in [1.807, 2.05) is 0 Å². The molecule has 1 saturated carbocycles. The van der Waals surface area contributed by atoms with Crippen LogP contribution in [0.25, 0.3) is 5.69 Å². The number of rotatable bonds is 4. The van der Waals surface area contributed by atoms with Crippen molar-refractivity contribution in [1.82, 2.24) is 15.1 Å². The fraction of sp³-hybridized carbons (Fsp3) is 0.438. The van der Waals surface area contributed by atoms with Gasteiger partial charge in [-0.15, -0.1) is 0 Å². The average Bonchev–Trinajstić information content (AvgIpc) is 3.15. The van der Waals surface area contributed by atoms with E-state index in [-0.39, 0.29) is 12.1 Å². The minimum Gasteiger partial charge on any atom is -0.310 e. The summed E-state index contributed by atoms with van der Waals surface area (Å²) in [5.41, 5.74) is -0.0746. The van der Waals surface area contributed by atoms with Crippen LogP contribution in [0.2, 0.25) is 0 Å². The molecule has 1 aromatic heterocycles. The smallest absolute Gasteiger partial charge is 0.310 e. The molecule has 2 aromatic rings. The minimum atomic E-state index is -4.43. The first-order valence-electron chi connectivity index (χ1n) is 7.48. The molecule has 22 heavy (non-hydrogen) atoms. The summed E-state index contributed by atoms with van der Waals surface area (Å²) in [5.74, 6) is 0. The third kappa shape index (κ3) is 3.16. The number of benzene rings is 1. The van der Waals surface area contributed by atoms with E-state index < -0.39 is 11.9 Å². The van der Waals surface area contributed by atoms with E-state index in [0.29, 0.717) is 11.7 Å². The summed E-state index contributed by atoms with van der Waals surface area (Å²) in [6.07, 6.45) is 1.25. The molecule has 118 valence electrons. The van der Waals surface area contributed by atoms with Crippen LogP contribution < -0.4 is 5.32 Å². The molecule has 1 fully saturated rings. The zero-order valence-corrected chi connectivity index (χ0v) is 12.1. The van der Waals surface area contributed by atoms with Crippen molar-refractivity contribution < 1.29 is 13.2 Å². The first kappa shape index (κ1) is 15.1. The fourth-order valence-corrected chi connectivity index (χ4v) is 2.96. The van der Waals surface area contributed by atoms with Gasteiger partial charge in [-0.05, 0) is 25.0 Å². The Morgan fingerprint density at radius 3 is 2.45 bits per heavy atom. The Hall–Kier alpha value is -1.82. The predicted octanol–water partition coefficient (Wildman–Crippen LogP) is 3.92. The van der Waals surface area contributed by atoms with Crippen LogP contribution in [0.3, 0.4) is 0 Å². The first-order chi connectivity index (χ1) is 10.6. The van der Waals surface area contributed by atoms with E-state index in [0.717, 1.165) is 30.4 Å². The Bertz CT molecular complexity index is 613. The van der Waals surface area contributed by atoms with Crippen LogP contribution in [0, 0.1) is 0 Å². The van der Waals surface area contributed by atoms with Gasteiger partial charge in [0.25, 0.3) is 0 Å². The van der Waals surface area contributed by atoms with Gasteiger partial charge in [-0.25, -0.2) is 4.68 Å². The number of halogens is 3. The van der Waals surface area contributed by atoms with Crippen LogP contribution >= 0.6 is 0 Å². The van der Waals surface area contributed by atoms with E-state index in [1.54, 1.807) is 30.3 Å². The molecule has 1 aliphatic carbocycles. The largest absolute Gasteiger partial charge is 0.433 e. The average molecular weight is 309 g/mol. The summed E-state index contributed by atoms with van der Waals surface area (Å²) in [5, 5.41) is 7.18. The highest BCUT2D eigenvalue weighted by molar-refractivity contribution is 5.36. The zero-order chi connectivity index (χ0) is 15.6. The van der Waals surface area contributed by atoms with Gasteiger partial charge in [-0.3, -0.25) is 0 Å². The van der Waals surface area contributed by atoms with Crippen LogP contribution in [-0.2, 0) is 12.7 Å². The van der Waals surface area contributed by atoms with Gasteiger partial charge in [0.15, 0.2) is 5.69 Å². The van der Waals surface area contributed by atoms with Gasteiger partial charge in [0, 0.05) is 18.2 Å². The second-order valence-electron chi connectivity index (χ2n) is 5.63. The van der Waals surface area contributed by atoms with Gasteiger partial charge in [0.2, 0.25) is 0 Å². The Kier molecular flexibility index (Phi) is 4.20. The lowest BCUT2D eigenvalue weighted by atomic mass is 10.2. The molecule has 1 heterocycles. The summed E-state index contributed by atoms with van der Waals surface area (Å²) in [6.45, 7) is 0.201. The molecule has 0 amide bonds. The number of aromatic nitrogens is 2. The third-order valence-electron chi connectivity index (χ3n) is 4.05. The number of alkyl halides is 3. The normalized spacial score (nSPS) is 16.3. The summed E-state index contributed by atoms with van der Waals surface area (Å²) < 4.78 is 41.3. The molecule has 0 atom stereocenters. The van der Waals surface area contributed by atoms with Crippen LogP contribution in [0.5, 0.6) is 0 Å². The molecule has 0 unspecified atom stereocenters. The molecule has 0 radical (unpaired) electrons. The topological polar surface area (TPSA) is 29.9 Å². The van der Waals surface area contributed by atoms with E-state index >= 15 is 0 Å². The molecule has 1 aromatic carbocycles. The van der Waals surface area contributed by atoms with Crippen LogP contribution in [0.15, 0.2) is 36.5 Å². The monoisotopic (exact) mass is 309 g/mol. The number of nitrogens with one attached hydrogen (secondary N) is 1. The molecule has 0 saturated heterocycles. The zero-order valence-electron chi connectivity index (χ0n) is 12.1. The molecule has 1 N–H and O–H groups in total. The van der Waals surface area contributed by atoms with E-state index in [9.17, 15) is 13.2 Å². The maximum absolute atomic E-state index is 13.4. The van der Waals surface area contributed by atoms with E-state index in [1.165, 1.54) is 6.20 Å². The highest BCUT2D eigenvalue weighted by Crippen LogP contribution is 2.33. The van der Waals surface area contributed by atoms with Crippen LogP contribution in [0.4, 0.5) is 13.2 Å². The number of nitrogens with zero attached hydrogens (tertiary/aromatic N) is 2. The Labute approximate surface area is 127 Å². The second kappa shape index (κ2) is 6.12. The van der Waals surface area contributed by atoms with Gasteiger partial charge in [0.1, 0.15) is 0 Å². The number of hydrogen-bond acceptors (Lipinski definition) is 2. The highest BCUT2D eigenvalue weighted by Gasteiger charge is 2.38. The van der Waals surface area contributed by atoms with Gasteiger partial charge in [-0.1, -0.05) is 31.0 Å². The van der Waals surface area contributed by atoms with Crippen LogP contribution in [-0.4, -0.2) is 15.8 Å². The quantitative estimate of drug-likeness (QED) is 0.927. The molecule has 3 rings (SSSR count). The lowest BCUT2D eigenvalue weighted by Gasteiger charge is -2.15. The molecular weight excluding hydrogens is 291 g/mol. The number of hydrogen-bond donors (Lipinski definition) is 1. The van der Waals surface area contributed by atoms with Crippen molar-refractivity contribution in [2.45, 2.75) is 44.4 Å². The minimum absolute atomic E-state index is 0.197. The molecule has 3 nitrogen and oxygen atoms in total. The highest BCUT2D eigenvalue weighted by atomic mass is 19.4. The molecule has 6 heteroatoms. The van der Waals surface area contributed by atoms with Crippen molar-refractivity contribution in [3.8, 4) is 5.69 Å². The van der Waals surface area contributed by atoms with Gasteiger partial charge in [0.05, 0.1) is 11.9 Å². The van der Waals surface area contributed by atoms with Crippen molar-refractivity contribution in [1.29, 1.82) is 0 Å². The summed E-state index contributed by atoms with van der Waals surface area (Å²) >= 11 is 0. The SMILES string of the molecule is FC(F)(F)c1c(CNC2CCCC2)cnn1-c1ccccc1. The lowest BCUT2D eigenvalue weighted by molar-refractivity contribution is -0.143. The Morgan fingerprint density at radius 2 is 1.82 bits per heavy atom. The van der Waals surface area contributed by atoms with Crippen molar-refractivity contribution >= 4 is 0 Å². The lowest BCUT2D eigenvalue weighted by Crippen LogP contribution is -2.26. The van der Waals surface area contributed by atoms with Crippen molar-refractivity contribution in [2.24, 2.45) is 0 Å². The standard InChI is InChI=1S/C16H18F3N3/c17-16(18,19)15-12(10-20-13-6-4-5-7-13)11-21-22(15)14-8-2-1-3-9-14/h1-3,8-9,11,13,20H,4-7,10H2. The molecule has 0 spiro atoms. The Balaban J connectivity index is 1.88. The van der Waals surface area contributed by atoms with Gasteiger partial charge in [-0.2, -0.15) is 18.3 Å². The summed E-state index contributed by atoms with van der Waals surface area (Å²) in [7, 11) is 0.